The van der Waals surface area contributed by atoms with Gasteiger partial charge in [0.15, 0.2) is 0 Å². The van der Waals surface area contributed by atoms with Crippen molar-refractivity contribution in [1.29, 1.82) is 0 Å². The van der Waals surface area contributed by atoms with Crippen LogP contribution >= 0.6 is 0 Å². The van der Waals surface area contributed by atoms with Gasteiger partial charge in [0, 0.05) is 26.1 Å². The number of rotatable bonds is 5. The Labute approximate surface area is 109 Å². The van der Waals surface area contributed by atoms with Crippen molar-refractivity contribution < 1.29 is 14.7 Å². The number of nitrogens with zero attached hydrogens (tertiary/aromatic N) is 1. The maximum Gasteiger partial charge on any atom is 0.317 e. The van der Waals surface area contributed by atoms with Gasteiger partial charge in [-0.05, 0) is 24.7 Å². The Morgan fingerprint density at radius 1 is 1.50 bits per heavy atom. The van der Waals surface area contributed by atoms with Crippen LogP contribution < -0.4 is 5.32 Å². The van der Waals surface area contributed by atoms with E-state index in [1.165, 1.54) is 6.42 Å². The smallest absolute Gasteiger partial charge is 0.317 e. The Kier molecular flexibility index (Phi) is 5.95. The molecule has 18 heavy (non-hydrogen) atoms. The van der Waals surface area contributed by atoms with Crippen LogP contribution in [0, 0.1) is 11.8 Å². The third-order valence-corrected chi connectivity index (χ3v) is 3.53. The minimum Gasteiger partial charge on any atom is -0.481 e. The van der Waals surface area contributed by atoms with Gasteiger partial charge in [-0.3, -0.25) is 4.79 Å². The second-order valence-electron chi connectivity index (χ2n) is 5.25. The van der Waals surface area contributed by atoms with Crippen molar-refractivity contribution >= 4 is 12.0 Å². The van der Waals surface area contributed by atoms with Crippen molar-refractivity contribution in [3.05, 3.63) is 0 Å². The standard InChI is InChI=1S/C13H24N2O3/c1-3-11(7-12(16)17)8-14-13(18)15-6-4-5-10(2)9-15/h10-11H,3-9H2,1-2H3,(H,14,18)(H,16,17). The molecular weight excluding hydrogens is 232 g/mol. The molecule has 1 fully saturated rings. The molecule has 1 rings (SSSR count). The summed E-state index contributed by atoms with van der Waals surface area (Å²) in [5.41, 5.74) is 0. The summed E-state index contributed by atoms with van der Waals surface area (Å²) in [6.07, 6.45) is 3.12. The van der Waals surface area contributed by atoms with E-state index in [1.54, 1.807) is 0 Å². The highest BCUT2D eigenvalue weighted by Gasteiger charge is 2.21. The van der Waals surface area contributed by atoms with Crippen molar-refractivity contribution in [1.82, 2.24) is 10.2 Å². The topological polar surface area (TPSA) is 69.6 Å². The molecule has 0 spiro atoms. The van der Waals surface area contributed by atoms with E-state index in [0.29, 0.717) is 12.5 Å². The first-order valence-electron chi connectivity index (χ1n) is 6.77. The fourth-order valence-electron chi connectivity index (χ4n) is 2.33. The number of aliphatic carboxylic acids is 1. The average Bonchev–Trinajstić information content (AvgIpc) is 2.33. The molecule has 1 saturated heterocycles. The van der Waals surface area contributed by atoms with Crippen LogP contribution in [0.3, 0.4) is 0 Å². The molecule has 0 bridgehead atoms. The van der Waals surface area contributed by atoms with Crippen LogP contribution in [0.4, 0.5) is 4.79 Å². The third-order valence-electron chi connectivity index (χ3n) is 3.53. The molecule has 0 aromatic rings. The van der Waals surface area contributed by atoms with E-state index in [2.05, 4.69) is 12.2 Å². The summed E-state index contributed by atoms with van der Waals surface area (Å²) < 4.78 is 0. The van der Waals surface area contributed by atoms with Gasteiger partial charge in [-0.2, -0.15) is 0 Å². The van der Waals surface area contributed by atoms with Crippen LogP contribution in [-0.4, -0.2) is 41.6 Å². The van der Waals surface area contributed by atoms with Gasteiger partial charge in [0.25, 0.3) is 0 Å². The number of urea groups is 1. The molecule has 1 aliphatic heterocycles. The minimum absolute atomic E-state index is 0.0219. The summed E-state index contributed by atoms with van der Waals surface area (Å²) in [6, 6.07) is -0.0506. The van der Waals surface area contributed by atoms with Crippen molar-refractivity contribution in [2.24, 2.45) is 11.8 Å². The number of carboxylic acids is 1. The van der Waals surface area contributed by atoms with E-state index in [4.69, 9.17) is 5.11 Å². The van der Waals surface area contributed by atoms with E-state index >= 15 is 0 Å². The van der Waals surface area contributed by atoms with Crippen LogP contribution in [0.1, 0.15) is 39.5 Å². The number of hydrogen-bond donors (Lipinski definition) is 2. The van der Waals surface area contributed by atoms with Crippen molar-refractivity contribution in [2.75, 3.05) is 19.6 Å². The largest absolute Gasteiger partial charge is 0.481 e. The summed E-state index contributed by atoms with van der Waals surface area (Å²) in [5.74, 6) is -0.221. The Morgan fingerprint density at radius 3 is 2.78 bits per heavy atom. The van der Waals surface area contributed by atoms with Crippen LogP contribution in [0.5, 0.6) is 0 Å². The molecule has 1 aliphatic rings. The van der Waals surface area contributed by atoms with Crippen molar-refractivity contribution in [3.63, 3.8) is 0 Å². The van der Waals surface area contributed by atoms with E-state index < -0.39 is 5.97 Å². The van der Waals surface area contributed by atoms with Crippen molar-refractivity contribution in [3.8, 4) is 0 Å². The SMILES string of the molecule is CCC(CNC(=O)N1CCCC(C)C1)CC(=O)O. The molecule has 2 amide bonds. The van der Waals surface area contributed by atoms with Gasteiger partial charge in [-0.15, -0.1) is 0 Å². The molecule has 0 saturated carbocycles. The van der Waals surface area contributed by atoms with E-state index in [9.17, 15) is 9.59 Å². The Morgan fingerprint density at radius 2 is 2.22 bits per heavy atom. The molecule has 1 heterocycles. The lowest BCUT2D eigenvalue weighted by Crippen LogP contribution is -2.46. The summed E-state index contributed by atoms with van der Waals surface area (Å²) in [6.45, 7) is 6.17. The van der Waals surface area contributed by atoms with E-state index in [0.717, 1.165) is 25.9 Å². The Balaban J connectivity index is 2.32. The summed E-state index contributed by atoms with van der Waals surface area (Å²) in [4.78, 5) is 24.4. The maximum absolute atomic E-state index is 11.9. The quantitative estimate of drug-likeness (QED) is 0.789. The number of piperidine rings is 1. The number of hydrogen-bond acceptors (Lipinski definition) is 2. The van der Waals surface area contributed by atoms with Gasteiger partial charge in [-0.25, -0.2) is 4.79 Å². The fourth-order valence-corrected chi connectivity index (χ4v) is 2.33. The number of carbonyl (C=O) groups is 2. The van der Waals surface area contributed by atoms with E-state index in [-0.39, 0.29) is 18.4 Å². The Bertz CT molecular complexity index is 294. The normalized spacial score (nSPS) is 21.4. The van der Waals surface area contributed by atoms with Crippen LogP contribution in [0.15, 0.2) is 0 Å². The third kappa shape index (κ3) is 4.94. The molecule has 5 nitrogen and oxygen atoms in total. The molecule has 104 valence electrons. The summed E-state index contributed by atoms with van der Waals surface area (Å²) >= 11 is 0. The molecular formula is C13H24N2O3. The number of carboxylic acid groups (broad SMARTS) is 1. The second-order valence-corrected chi connectivity index (χ2v) is 5.25. The molecule has 0 radical (unpaired) electrons. The lowest BCUT2D eigenvalue weighted by molar-refractivity contribution is -0.138. The van der Waals surface area contributed by atoms with Gasteiger partial charge in [0.05, 0.1) is 0 Å². The first kappa shape index (κ1) is 14.8. The van der Waals surface area contributed by atoms with Crippen LogP contribution in [-0.2, 0) is 4.79 Å². The van der Waals surface area contributed by atoms with Crippen LogP contribution in [0.25, 0.3) is 0 Å². The molecule has 2 N–H and O–H groups in total. The summed E-state index contributed by atoms with van der Waals surface area (Å²) in [5, 5.41) is 11.6. The molecule has 5 heteroatoms. The predicted octanol–water partition coefficient (Wildman–Crippen LogP) is 1.93. The number of likely N-dealkylation sites (tertiary alicyclic amines) is 1. The maximum atomic E-state index is 11.9. The van der Waals surface area contributed by atoms with Gasteiger partial charge >= 0.3 is 12.0 Å². The summed E-state index contributed by atoms with van der Waals surface area (Å²) in [7, 11) is 0. The number of nitrogens with one attached hydrogen (secondary N) is 1. The van der Waals surface area contributed by atoms with Gasteiger partial charge in [0.2, 0.25) is 0 Å². The first-order chi connectivity index (χ1) is 8.52. The highest BCUT2D eigenvalue weighted by atomic mass is 16.4. The highest BCUT2D eigenvalue weighted by molar-refractivity contribution is 5.74. The Hall–Kier alpha value is -1.26. The van der Waals surface area contributed by atoms with Gasteiger partial charge < -0.3 is 15.3 Å². The molecule has 0 aliphatic carbocycles. The number of amides is 2. The van der Waals surface area contributed by atoms with Crippen molar-refractivity contribution in [2.45, 2.75) is 39.5 Å². The molecule has 2 atom stereocenters. The predicted molar refractivity (Wildman–Crippen MR) is 69.4 cm³/mol. The minimum atomic E-state index is -0.803. The molecule has 2 unspecified atom stereocenters. The monoisotopic (exact) mass is 256 g/mol. The van der Waals surface area contributed by atoms with Gasteiger partial charge in [-0.1, -0.05) is 20.3 Å². The van der Waals surface area contributed by atoms with Gasteiger partial charge in [0.1, 0.15) is 0 Å². The zero-order valence-corrected chi connectivity index (χ0v) is 11.3. The lowest BCUT2D eigenvalue weighted by Gasteiger charge is -2.31. The number of carbonyl (C=O) groups excluding carboxylic acids is 1. The van der Waals surface area contributed by atoms with Crippen LogP contribution in [0.2, 0.25) is 0 Å². The lowest BCUT2D eigenvalue weighted by atomic mass is 10.0. The zero-order valence-electron chi connectivity index (χ0n) is 11.3. The first-order valence-corrected chi connectivity index (χ1v) is 6.77. The fraction of sp³-hybridized carbons (Fsp3) is 0.846. The zero-order chi connectivity index (χ0) is 13.5. The molecule has 0 aromatic heterocycles. The average molecular weight is 256 g/mol. The second kappa shape index (κ2) is 7.24. The highest BCUT2D eigenvalue weighted by Crippen LogP contribution is 2.15. The van der Waals surface area contributed by atoms with E-state index in [1.807, 2.05) is 11.8 Å². The molecule has 0 aromatic carbocycles.